The number of carbonyl (C=O) groups excluding carboxylic acids is 2. The molecule has 3 rings (SSSR count). The van der Waals surface area contributed by atoms with E-state index in [-0.39, 0.29) is 23.8 Å². The summed E-state index contributed by atoms with van der Waals surface area (Å²) in [5, 5.41) is 2.71. The Morgan fingerprint density at radius 3 is 2.92 bits per heavy atom. The third-order valence-electron chi connectivity index (χ3n) is 4.29. The highest BCUT2D eigenvalue weighted by Gasteiger charge is 2.35. The molecule has 0 radical (unpaired) electrons. The number of amides is 2. The van der Waals surface area contributed by atoms with Gasteiger partial charge >= 0.3 is 0 Å². The van der Waals surface area contributed by atoms with Gasteiger partial charge in [-0.25, -0.2) is 4.39 Å². The minimum Gasteiger partial charge on any atom is -0.352 e. The molecule has 1 atom stereocenters. The second-order valence-corrected chi connectivity index (χ2v) is 6.17. The van der Waals surface area contributed by atoms with Crippen LogP contribution >= 0.6 is 0 Å². The van der Waals surface area contributed by atoms with Gasteiger partial charge in [0.1, 0.15) is 11.9 Å². The van der Waals surface area contributed by atoms with Crippen LogP contribution in [0.3, 0.4) is 0 Å². The number of pyridine rings is 1. The molecule has 5 nitrogen and oxygen atoms in total. The molecule has 0 bridgehead atoms. The molecule has 1 aliphatic heterocycles. The van der Waals surface area contributed by atoms with Crippen molar-refractivity contribution in [1.82, 2.24) is 15.2 Å². The highest BCUT2D eigenvalue weighted by Crippen LogP contribution is 2.26. The Balaban J connectivity index is 1.77. The molecule has 0 saturated carbocycles. The second-order valence-electron chi connectivity index (χ2n) is 6.17. The SMILES string of the molecule is Cc1cncc(CCC(=O)N2CCNC(=O)C2c2ccccc2F)c1. The van der Waals surface area contributed by atoms with Crippen LogP contribution in [0.1, 0.15) is 29.2 Å². The summed E-state index contributed by atoms with van der Waals surface area (Å²) < 4.78 is 14.2. The molecule has 0 spiro atoms. The zero-order valence-electron chi connectivity index (χ0n) is 14.0. The number of nitrogens with zero attached hydrogens (tertiary/aromatic N) is 2. The minimum absolute atomic E-state index is 0.162. The minimum atomic E-state index is -0.918. The van der Waals surface area contributed by atoms with Crippen LogP contribution < -0.4 is 5.32 Å². The number of benzene rings is 1. The Bertz CT molecular complexity index is 794. The molecule has 6 heteroatoms. The Kier molecular flexibility index (Phi) is 5.07. The van der Waals surface area contributed by atoms with Crippen molar-refractivity contribution in [2.75, 3.05) is 13.1 Å². The molecule has 25 heavy (non-hydrogen) atoms. The fourth-order valence-corrected chi connectivity index (χ4v) is 3.09. The van der Waals surface area contributed by atoms with Crippen molar-refractivity contribution < 1.29 is 14.0 Å². The van der Waals surface area contributed by atoms with E-state index in [4.69, 9.17) is 0 Å². The smallest absolute Gasteiger partial charge is 0.247 e. The molecule has 2 heterocycles. The first-order valence-corrected chi connectivity index (χ1v) is 8.28. The summed E-state index contributed by atoms with van der Waals surface area (Å²) in [5.41, 5.74) is 2.23. The van der Waals surface area contributed by atoms with Gasteiger partial charge in [-0.15, -0.1) is 0 Å². The van der Waals surface area contributed by atoms with Crippen molar-refractivity contribution in [2.24, 2.45) is 0 Å². The van der Waals surface area contributed by atoms with Crippen LogP contribution in [0.5, 0.6) is 0 Å². The van der Waals surface area contributed by atoms with Crippen molar-refractivity contribution in [3.05, 3.63) is 65.2 Å². The maximum absolute atomic E-state index is 14.2. The van der Waals surface area contributed by atoms with Crippen LogP contribution in [-0.2, 0) is 16.0 Å². The summed E-state index contributed by atoms with van der Waals surface area (Å²) >= 11 is 0. The van der Waals surface area contributed by atoms with Gasteiger partial charge in [0.15, 0.2) is 0 Å². The van der Waals surface area contributed by atoms with Crippen LogP contribution in [0.25, 0.3) is 0 Å². The van der Waals surface area contributed by atoms with Gasteiger partial charge in [0, 0.05) is 37.5 Å². The molecule has 1 unspecified atom stereocenters. The summed E-state index contributed by atoms with van der Waals surface area (Å²) in [6, 6.07) is 7.15. The largest absolute Gasteiger partial charge is 0.352 e. The third kappa shape index (κ3) is 3.84. The molecule has 130 valence electrons. The first kappa shape index (κ1) is 17.1. The van der Waals surface area contributed by atoms with Crippen LogP contribution in [0.4, 0.5) is 4.39 Å². The molecule has 1 N–H and O–H groups in total. The predicted molar refractivity (Wildman–Crippen MR) is 91.2 cm³/mol. The molecule has 1 aliphatic rings. The van der Waals surface area contributed by atoms with Crippen molar-refractivity contribution in [1.29, 1.82) is 0 Å². The predicted octanol–water partition coefficient (Wildman–Crippen LogP) is 2.16. The number of piperazine rings is 1. The summed E-state index contributed by atoms with van der Waals surface area (Å²) in [4.78, 5) is 30.6. The number of aromatic nitrogens is 1. The van der Waals surface area contributed by atoms with Crippen LogP contribution in [0.15, 0.2) is 42.7 Å². The van der Waals surface area contributed by atoms with E-state index in [0.29, 0.717) is 19.5 Å². The maximum atomic E-state index is 14.2. The average molecular weight is 341 g/mol. The first-order valence-electron chi connectivity index (χ1n) is 8.28. The maximum Gasteiger partial charge on any atom is 0.247 e. The lowest BCUT2D eigenvalue weighted by Gasteiger charge is -2.35. The fraction of sp³-hybridized carbons (Fsp3) is 0.316. The van der Waals surface area contributed by atoms with E-state index < -0.39 is 11.9 Å². The topological polar surface area (TPSA) is 62.3 Å². The Labute approximate surface area is 145 Å². The van der Waals surface area contributed by atoms with E-state index in [1.807, 2.05) is 13.0 Å². The first-order chi connectivity index (χ1) is 12.1. The molecule has 0 aliphatic carbocycles. The summed E-state index contributed by atoms with van der Waals surface area (Å²) in [6.45, 7) is 2.69. The normalized spacial score (nSPS) is 17.3. The number of hydrogen-bond donors (Lipinski definition) is 1. The molecule has 1 saturated heterocycles. The van der Waals surface area contributed by atoms with Gasteiger partial charge in [0.25, 0.3) is 0 Å². The molecular formula is C19H20FN3O2. The van der Waals surface area contributed by atoms with Gasteiger partial charge in [-0.2, -0.15) is 0 Å². The van der Waals surface area contributed by atoms with E-state index in [2.05, 4.69) is 10.3 Å². The van der Waals surface area contributed by atoms with Crippen molar-refractivity contribution in [3.8, 4) is 0 Å². The second kappa shape index (κ2) is 7.42. The lowest BCUT2D eigenvalue weighted by atomic mass is 10.0. The van der Waals surface area contributed by atoms with E-state index in [1.54, 1.807) is 30.6 Å². The summed E-state index contributed by atoms with van der Waals surface area (Å²) in [6.07, 6.45) is 4.28. The van der Waals surface area contributed by atoms with Crippen LogP contribution in [0.2, 0.25) is 0 Å². The fourth-order valence-electron chi connectivity index (χ4n) is 3.09. The van der Waals surface area contributed by atoms with Gasteiger partial charge in [-0.1, -0.05) is 24.3 Å². The molecule has 1 aromatic carbocycles. The van der Waals surface area contributed by atoms with Gasteiger partial charge in [0.05, 0.1) is 0 Å². The number of halogens is 1. The van der Waals surface area contributed by atoms with Crippen molar-refractivity contribution in [3.63, 3.8) is 0 Å². The number of aryl methyl sites for hydroxylation is 2. The lowest BCUT2D eigenvalue weighted by molar-refractivity contribution is -0.143. The van der Waals surface area contributed by atoms with Gasteiger partial charge < -0.3 is 10.2 Å². The number of rotatable bonds is 4. The number of hydrogen-bond acceptors (Lipinski definition) is 3. The monoisotopic (exact) mass is 341 g/mol. The molecular weight excluding hydrogens is 321 g/mol. The number of nitrogens with one attached hydrogen (secondary N) is 1. The van der Waals surface area contributed by atoms with Crippen LogP contribution in [-0.4, -0.2) is 34.8 Å². The van der Waals surface area contributed by atoms with Gasteiger partial charge in [-0.05, 0) is 30.5 Å². The highest BCUT2D eigenvalue weighted by atomic mass is 19.1. The van der Waals surface area contributed by atoms with E-state index >= 15 is 0 Å². The van der Waals surface area contributed by atoms with Crippen LogP contribution in [0, 0.1) is 12.7 Å². The molecule has 1 fully saturated rings. The summed E-state index contributed by atoms with van der Waals surface area (Å²) in [5.74, 6) is -0.989. The van der Waals surface area contributed by atoms with Crippen molar-refractivity contribution >= 4 is 11.8 Å². The van der Waals surface area contributed by atoms with E-state index in [1.165, 1.54) is 11.0 Å². The zero-order valence-corrected chi connectivity index (χ0v) is 14.0. The van der Waals surface area contributed by atoms with E-state index in [9.17, 15) is 14.0 Å². The standard InChI is InChI=1S/C19H20FN3O2/c1-13-10-14(12-21-11-13)6-7-17(24)23-9-8-22-19(25)18(23)15-4-2-3-5-16(15)20/h2-5,10-12,18H,6-9H2,1H3,(H,22,25). The van der Waals surface area contributed by atoms with Crippen molar-refractivity contribution in [2.45, 2.75) is 25.8 Å². The molecule has 2 amide bonds. The Hall–Kier alpha value is -2.76. The Morgan fingerprint density at radius 2 is 2.16 bits per heavy atom. The zero-order chi connectivity index (χ0) is 17.8. The lowest BCUT2D eigenvalue weighted by Crippen LogP contribution is -2.52. The quantitative estimate of drug-likeness (QED) is 0.927. The molecule has 1 aromatic heterocycles. The Morgan fingerprint density at radius 1 is 1.36 bits per heavy atom. The van der Waals surface area contributed by atoms with E-state index in [0.717, 1.165) is 11.1 Å². The number of carbonyl (C=O) groups is 2. The summed E-state index contributed by atoms with van der Waals surface area (Å²) in [7, 11) is 0. The average Bonchev–Trinajstić information content (AvgIpc) is 2.60. The third-order valence-corrected chi connectivity index (χ3v) is 4.29. The molecule has 2 aromatic rings. The highest BCUT2D eigenvalue weighted by molar-refractivity contribution is 5.90. The van der Waals surface area contributed by atoms with Gasteiger partial charge in [-0.3, -0.25) is 14.6 Å². The van der Waals surface area contributed by atoms with Gasteiger partial charge in [0.2, 0.25) is 11.8 Å².